The van der Waals surface area contributed by atoms with E-state index in [4.69, 9.17) is 9.47 Å². The van der Waals surface area contributed by atoms with E-state index in [1.165, 1.54) is 13.0 Å². The van der Waals surface area contributed by atoms with Crippen molar-refractivity contribution >= 4 is 0 Å². The van der Waals surface area contributed by atoms with Gasteiger partial charge in [-0.2, -0.15) is 13.2 Å². The van der Waals surface area contributed by atoms with Gasteiger partial charge in [0.05, 0.1) is 0 Å². The SMILES string of the molecule is C=CC1CCCC1(OC(C)OCCCC)C(F)(F)F. The molecule has 0 spiro atoms. The maximum atomic E-state index is 13.4. The fraction of sp³-hybridized carbons (Fsp3) is 0.857. The van der Waals surface area contributed by atoms with Crippen LogP contribution in [0.4, 0.5) is 13.2 Å². The lowest BCUT2D eigenvalue weighted by atomic mass is 9.90. The molecule has 0 heterocycles. The summed E-state index contributed by atoms with van der Waals surface area (Å²) in [5.74, 6) is -0.690. The van der Waals surface area contributed by atoms with Crippen LogP contribution in [-0.2, 0) is 9.47 Å². The lowest BCUT2D eigenvalue weighted by Crippen LogP contribution is -2.52. The molecule has 0 aliphatic heterocycles. The molecular weight excluding hydrogens is 257 g/mol. The maximum absolute atomic E-state index is 13.4. The number of hydrogen-bond donors (Lipinski definition) is 0. The van der Waals surface area contributed by atoms with Gasteiger partial charge in [-0.05, 0) is 32.6 Å². The highest BCUT2D eigenvalue weighted by Crippen LogP contribution is 2.50. The van der Waals surface area contributed by atoms with Gasteiger partial charge in [0.2, 0.25) is 0 Å². The highest BCUT2D eigenvalue weighted by molar-refractivity contribution is 5.06. The van der Waals surface area contributed by atoms with E-state index in [1.807, 2.05) is 6.92 Å². The van der Waals surface area contributed by atoms with Crippen LogP contribution < -0.4 is 0 Å². The summed E-state index contributed by atoms with van der Waals surface area (Å²) in [6.45, 7) is 7.46. The van der Waals surface area contributed by atoms with Gasteiger partial charge in [-0.15, -0.1) is 6.58 Å². The van der Waals surface area contributed by atoms with Crippen LogP contribution in [0.1, 0.15) is 46.0 Å². The second kappa shape index (κ2) is 6.75. The molecule has 1 saturated carbocycles. The predicted molar refractivity (Wildman–Crippen MR) is 67.7 cm³/mol. The quantitative estimate of drug-likeness (QED) is 0.389. The minimum absolute atomic E-state index is 0.0192. The molecule has 0 radical (unpaired) electrons. The number of unbranched alkanes of at least 4 members (excludes halogenated alkanes) is 1. The van der Waals surface area contributed by atoms with Gasteiger partial charge >= 0.3 is 6.18 Å². The van der Waals surface area contributed by atoms with Gasteiger partial charge < -0.3 is 9.47 Å². The highest BCUT2D eigenvalue weighted by atomic mass is 19.4. The Kier molecular flexibility index (Phi) is 5.86. The smallest absolute Gasteiger partial charge is 0.353 e. The van der Waals surface area contributed by atoms with Crippen molar-refractivity contribution in [2.24, 2.45) is 5.92 Å². The van der Waals surface area contributed by atoms with Crippen LogP contribution in [0.15, 0.2) is 12.7 Å². The van der Waals surface area contributed by atoms with Crippen molar-refractivity contribution in [1.82, 2.24) is 0 Å². The molecule has 5 heteroatoms. The van der Waals surface area contributed by atoms with Crippen molar-refractivity contribution in [1.29, 1.82) is 0 Å². The Morgan fingerprint density at radius 1 is 1.47 bits per heavy atom. The molecule has 19 heavy (non-hydrogen) atoms. The average molecular weight is 280 g/mol. The Balaban J connectivity index is 2.73. The molecular formula is C14H23F3O2. The third-order valence-electron chi connectivity index (χ3n) is 3.65. The van der Waals surface area contributed by atoms with Crippen LogP contribution in [0.3, 0.4) is 0 Å². The van der Waals surface area contributed by atoms with Crippen LogP contribution in [0, 0.1) is 5.92 Å². The summed E-state index contributed by atoms with van der Waals surface area (Å²) in [5.41, 5.74) is -2.12. The van der Waals surface area contributed by atoms with E-state index in [2.05, 4.69) is 6.58 Å². The molecule has 3 unspecified atom stereocenters. The van der Waals surface area contributed by atoms with Gasteiger partial charge in [-0.1, -0.05) is 19.4 Å². The molecule has 3 atom stereocenters. The molecule has 0 aromatic heterocycles. The van der Waals surface area contributed by atoms with Crippen molar-refractivity contribution in [3.63, 3.8) is 0 Å². The minimum atomic E-state index is -4.40. The zero-order chi connectivity index (χ0) is 14.5. The summed E-state index contributed by atoms with van der Waals surface area (Å²) >= 11 is 0. The molecule has 2 nitrogen and oxygen atoms in total. The molecule has 1 aliphatic carbocycles. The van der Waals surface area contributed by atoms with Crippen molar-refractivity contribution < 1.29 is 22.6 Å². The molecule has 0 aromatic rings. The van der Waals surface area contributed by atoms with Crippen LogP contribution in [0.25, 0.3) is 0 Å². The molecule has 0 saturated heterocycles. The predicted octanol–water partition coefficient (Wildman–Crippen LogP) is 4.45. The fourth-order valence-electron chi connectivity index (χ4n) is 2.60. The highest BCUT2D eigenvalue weighted by Gasteiger charge is 2.62. The summed E-state index contributed by atoms with van der Waals surface area (Å²) in [5, 5.41) is 0. The van der Waals surface area contributed by atoms with E-state index in [-0.39, 0.29) is 6.42 Å². The first-order chi connectivity index (χ1) is 8.87. The van der Waals surface area contributed by atoms with Crippen molar-refractivity contribution in [2.75, 3.05) is 6.61 Å². The van der Waals surface area contributed by atoms with E-state index >= 15 is 0 Å². The van der Waals surface area contributed by atoms with Crippen LogP contribution in [0.5, 0.6) is 0 Å². The van der Waals surface area contributed by atoms with Gasteiger partial charge in [0.1, 0.15) is 0 Å². The number of rotatable bonds is 7. The summed E-state index contributed by atoms with van der Waals surface area (Å²) in [4.78, 5) is 0. The van der Waals surface area contributed by atoms with E-state index < -0.39 is 24.0 Å². The first-order valence-corrected chi connectivity index (χ1v) is 6.86. The average Bonchev–Trinajstić information content (AvgIpc) is 2.73. The molecule has 0 bridgehead atoms. The van der Waals surface area contributed by atoms with Crippen molar-refractivity contribution in [3.05, 3.63) is 12.7 Å². The number of hydrogen-bond acceptors (Lipinski definition) is 2. The van der Waals surface area contributed by atoms with E-state index in [1.54, 1.807) is 0 Å². The third kappa shape index (κ3) is 3.72. The van der Waals surface area contributed by atoms with Crippen molar-refractivity contribution in [3.8, 4) is 0 Å². The van der Waals surface area contributed by atoms with Crippen molar-refractivity contribution in [2.45, 2.75) is 64.0 Å². The third-order valence-corrected chi connectivity index (χ3v) is 3.65. The molecule has 1 aliphatic rings. The standard InChI is InChI=1S/C14H23F3O2/c1-4-6-10-18-11(3)19-13(14(15,16)17)9-7-8-12(13)5-2/h5,11-12H,2,4,6-10H2,1,3H3. The summed E-state index contributed by atoms with van der Waals surface area (Å²) in [6, 6.07) is 0. The minimum Gasteiger partial charge on any atom is -0.353 e. The molecule has 0 aromatic carbocycles. The van der Waals surface area contributed by atoms with Crippen LogP contribution in [-0.4, -0.2) is 24.7 Å². The Bertz CT molecular complexity index is 291. The topological polar surface area (TPSA) is 18.5 Å². The van der Waals surface area contributed by atoms with Gasteiger partial charge in [0.15, 0.2) is 11.9 Å². The molecule has 112 valence electrons. The summed E-state index contributed by atoms with van der Waals surface area (Å²) < 4.78 is 50.7. The number of halogens is 3. The molecule has 0 amide bonds. The van der Waals surface area contributed by atoms with E-state index in [0.717, 1.165) is 12.8 Å². The van der Waals surface area contributed by atoms with Gasteiger partial charge in [0, 0.05) is 12.5 Å². The Morgan fingerprint density at radius 2 is 2.16 bits per heavy atom. The lowest BCUT2D eigenvalue weighted by molar-refractivity contribution is -0.327. The maximum Gasteiger partial charge on any atom is 0.418 e. The van der Waals surface area contributed by atoms with E-state index in [0.29, 0.717) is 19.4 Å². The number of ether oxygens (including phenoxy) is 2. The van der Waals surface area contributed by atoms with Gasteiger partial charge in [-0.25, -0.2) is 0 Å². The Labute approximate surface area is 113 Å². The number of alkyl halides is 3. The Hall–Kier alpha value is -0.550. The summed E-state index contributed by atoms with van der Waals surface area (Å²) in [6.07, 6.45) is -1.20. The second-order valence-corrected chi connectivity index (χ2v) is 5.03. The zero-order valence-corrected chi connectivity index (χ0v) is 11.6. The van der Waals surface area contributed by atoms with Crippen LogP contribution >= 0.6 is 0 Å². The lowest BCUT2D eigenvalue weighted by Gasteiger charge is -2.38. The van der Waals surface area contributed by atoms with E-state index in [9.17, 15) is 13.2 Å². The second-order valence-electron chi connectivity index (χ2n) is 5.03. The van der Waals surface area contributed by atoms with Gasteiger partial charge in [-0.3, -0.25) is 0 Å². The first-order valence-electron chi connectivity index (χ1n) is 6.86. The Morgan fingerprint density at radius 3 is 2.68 bits per heavy atom. The first kappa shape index (κ1) is 16.5. The van der Waals surface area contributed by atoms with Crippen LogP contribution in [0.2, 0.25) is 0 Å². The fourth-order valence-corrected chi connectivity index (χ4v) is 2.60. The molecule has 1 fully saturated rings. The zero-order valence-electron chi connectivity index (χ0n) is 11.6. The largest absolute Gasteiger partial charge is 0.418 e. The normalized spacial score (nSPS) is 29.4. The molecule has 1 rings (SSSR count). The monoisotopic (exact) mass is 280 g/mol. The molecule has 0 N–H and O–H groups in total. The summed E-state index contributed by atoms with van der Waals surface area (Å²) in [7, 11) is 0. The van der Waals surface area contributed by atoms with Gasteiger partial charge in [0.25, 0.3) is 0 Å².